The number of ether oxygens (including phenoxy) is 1. The van der Waals surface area contributed by atoms with Gasteiger partial charge in [-0.3, -0.25) is 0 Å². The number of rotatable bonds is 6. The van der Waals surface area contributed by atoms with Gasteiger partial charge in [-0.25, -0.2) is 4.79 Å². The van der Waals surface area contributed by atoms with Crippen molar-refractivity contribution in [1.29, 1.82) is 0 Å². The molecule has 0 spiro atoms. The van der Waals surface area contributed by atoms with E-state index in [1.165, 1.54) is 19.1 Å². The summed E-state index contributed by atoms with van der Waals surface area (Å²) in [6, 6.07) is 0. The zero-order chi connectivity index (χ0) is 11.2. The summed E-state index contributed by atoms with van der Waals surface area (Å²) in [4.78, 5) is 10.5. The lowest BCUT2D eigenvalue weighted by molar-refractivity contribution is -0.161. The van der Waals surface area contributed by atoms with E-state index < -0.39 is 11.8 Å². The number of hydrogen-bond acceptors (Lipinski definition) is 3. The molecule has 0 aromatic heterocycles. The van der Waals surface area contributed by atoms with E-state index in [4.69, 9.17) is 9.84 Å². The highest BCUT2D eigenvalue weighted by Gasteiger charge is 2.23. The third-order valence-corrected chi connectivity index (χ3v) is 1.74. The second-order valence-electron chi connectivity index (χ2n) is 2.93. The van der Waals surface area contributed by atoms with Crippen molar-refractivity contribution in [2.24, 2.45) is 0 Å². The molecule has 1 unspecified atom stereocenters. The van der Waals surface area contributed by atoms with Gasteiger partial charge >= 0.3 is 5.97 Å². The van der Waals surface area contributed by atoms with Crippen molar-refractivity contribution < 1.29 is 19.7 Å². The van der Waals surface area contributed by atoms with E-state index >= 15 is 0 Å². The lowest BCUT2D eigenvalue weighted by atomic mass is 10.1. The molecule has 0 fully saturated rings. The Labute approximate surface area is 83.5 Å². The Morgan fingerprint density at radius 3 is 2.57 bits per heavy atom. The average Bonchev–Trinajstić information content (AvgIpc) is 2.14. The molecule has 4 nitrogen and oxygen atoms in total. The SMILES string of the molecule is C=CCOC(O)(C=C(C)C(=O)O)CC. The van der Waals surface area contributed by atoms with Crippen LogP contribution in [-0.2, 0) is 9.53 Å². The summed E-state index contributed by atoms with van der Waals surface area (Å²) in [6.45, 7) is 6.72. The van der Waals surface area contributed by atoms with E-state index in [-0.39, 0.29) is 18.6 Å². The maximum absolute atomic E-state index is 10.5. The number of carboxylic acid groups (broad SMARTS) is 1. The van der Waals surface area contributed by atoms with Gasteiger partial charge in [-0.05, 0) is 13.0 Å². The Hall–Kier alpha value is -1.13. The van der Waals surface area contributed by atoms with Gasteiger partial charge in [0.15, 0.2) is 5.79 Å². The van der Waals surface area contributed by atoms with Crippen LogP contribution < -0.4 is 0 Å². The third kappa shape index (κ3) is 4.20. The van der Waals surface area contributed by atoms with Crippen LogP contribution in [0.5, 0.6) is 0 Å². The minimum atomic E-state index is -1.52. The molecule has 0 aromatic rings. The smallest absolute Gasteiger partial charge is 0.331 e. The molecule has 80 valence electrons. The van der Waals surface area contributed by atoms with Gasteiger partial charge in [-0.2, -0.15) is 0 Å². The molecule has 2 N–H and O–H groups in total. The average molecular weight is 200 g/mol. The van der Waals surface area contributed by atoms with Crippen molar-refractivity contribution in [3.8, 4) is 0 Å². The van der Waals surface area contributed by atoms with Crippen molar-refractivity contribution in [3.05, 3.63) is 24.3 Å². The first-order valence-corrected chi connectivity index (χ1v) is 4.35. The van der Waals surface area contributed by atoms with Gasteiger partial charge in [0.25, 0.3) is 0 Å². The summed E-state index contributed by atoms with van der Waals surface area (Å²) in [6.07, 6.45) is 2.97. The number of hydrogen-bond donors (Lipinski definition) is 2. The molecular formula is C10H16O4. The predicted octanol–water partition coefficient (Wildman–Crippen LogP) is 1.32. The fourth-order valence-electron chi connectivity index (χ4n) is 0.849. The molecule has 0 bridgehead atoms. The van der Waals surface area contributed by atoms with Crippen LogP contribution in [0.2, 0.25) is 0 Å². The van der Waals surface area contributed by atoms with E-state index in [9.17, 15) is 9.90 Å². The van der Waals surface area contributed by atoms with Crippen LogP contribution in [0.4, 0.5) is 0 Å². The fraction of sp³-hybridized carbons (Fsp3) is 0.500. The first-order chi connectivity index (χ1) is 6.45. The number of carbonyl (C=O) groups is 1. The van der Waals surface area contributed by atoms with Gasteiger partial charge in [0.05, 0.1) is 6.61 Å². The van der Waals surface area contributed by atoms with E-state index in [2.05, 4.69) is 6.58 Å². The summed E-state index contributed by atoms with van der Waals surface area (Å²) in [5.41, 5.74) is 0.0541. The van der Waals surface area contributed by atoms with Gasteiger partial charge in [0.2, 0.25) is 0 Å². The van der Waals surface area contributed by atoms with Gasteiger partial charge in [0.1, 0.15) is 0 Å². The highest BCUT2D eigenvalue weighted by Crippen LogP contribution is 2.16. The van der Waals surface area contributed by atoms with E-state index in [0.717, 1.165) is 0 Å². The summed E-state index contributed by atoms with van der Waals surface area (Å²) < 4.78 is 5.05. The molecule has 0 radical (unpaired) electrons. The summed E-state index contributed by atoms with van der Waals surface area (Å²) in [5.74, 6) is -2.59. The minimum Gasteiger partial charge on any atom is -0.478 e. The summed E-state index contributed by atoms with van der Waals surface area (Å²) in [7, 11) is 0. The fourth-order valence-corrected chi connectivity index (χ4v) is 0.849. The zero-order valence-corrected chi connectivity index (χ0v) is 8.49. The minimum absolute atomic E-state index is 0.0541. The highest BCUT2D eigenvalue weighted by atomic mass is 16.6. The van der Waals surface area contributed by atoms with Crippen molar-refractivity contribution in [1.82, 2.24) is 0 Å². The number of carboxylic acids is 1. The lowest BCUT2D eigenvalue weighted by Crippen LogP contribution is -2.30. The van der Waals surface area contributed by atoms with Crippen LogP contribution >= 0.6 is 0 Å². The topological polar surface area (TPSA) is 66.8 Å². The van der Waals surface area contributed by atoms with Gasteiger partial charge < -0.3 is 14.9 Å². The normalized spacial score (nSPS) is 16.1. The molecule has 1 atom stereocenters. The Bertz CT molecular complexity index is 245. The van der Waals surface area contributed by atoms with Gasteiger partial charge in [0, 0.05) is 12.0 Å². The maximum atomic E-state index is 10.5. The molecular weight excluding hydrogens is 184 g/mol. The first kappa shape index (κ1) is 12.9. The first-order valence-electron chi connectivity index (χ1n) is 4.35. The zero-order valence-electron chi connectivity index (χ0n) is 8.49. The van der Waals surface area contributed by atoms with Crippen LogP contribution in [0.15, 0.2) is 24.3 Å². The van der Waals surface area contributed by atoms with Crippen molar-refractivity contribution >= 4 is 5.97 Å². The second kappa shape index (κ2) is 5.57. The Kier molecular flexibility index (Phi) is 5.12. The maximum Gasteiger partial charge on any atom is 0.331 e. The molecule has 0 aliphatic heterocycles. The molecule has 0 saturated heterocycles. The van der Waals surface area contributed by atoms with Crippen molar-refractivity contribution in [3.63, 3.8) is 0 Å². The molecule has 0 amide bonds. The monoisotopic (exact) mass is 200 g/mol. The standard InChI is InChI=1S/C10H16O4/c1-4-6-14-10(13,5-2)7-8(3)9(11)12/h4,7,13H,1,5-6H2,2-3H3,(H,11,12). The van der Waals surface area contributed by atoms with E-state index in [1.54, 1.807) is 6.92 Å². The quantitative estimate of drug-likeness (QED) is 0.385. The Morgan fingerprint density at radius 2 is 2.21 bits per heavy atom. The largest absolute Gasteiger partial charge is 0.478 e. The summed E-state index contributed by atoms with van der Waals surface area (Å²) in [5, 5.41) is 18.4. The molecule has 0 aliphatic rings. The molecule has 4 heteroatoms. The van der Waals surface area contributed by atoms with Crippen molar-refractivity contribution in [2.75, 3.05) is 6.61 Å². The van der Waals surface area contributed by atoms with Crippen LogP contribution in [0.25, 0.3) is 0 Å². The van der Waals surface area contributed by atoms with Gasteiger partial charge in [-0.1, -0.05) is 13.0 Å². The molecule has 0 aromatic carbocycles. The van der Waals surface area contributed by atoms with Crippen LogP contribution in [0.1, 0.15) is 20.3 Å². The molecule has 0 rings (SSSR count). The second-order valence-corrected chi connectivity index (χ2v) is 2.93. The Balaban J connectivity index is 4.60. The molecule has 0 saturated carbocycles. The number of aliphatic carboxylic acids is 1. The molecule has 0 heterocycles. The predicted molar refractivity (Wildman–Crippen MR) is 52.8 cm³/mol. The number of aliphatic hydroxyl groups is 1. The lowest BCUT2D eigenvalue weighted by Gasteiger charge is -2.23. The molecule has 14 heavy (non-hydrogen) atoms. The van der Waals surface area contributed by atoms with Crippen LogP contribution in [-0.4, -0.2) is 28.6 Å². The van der Waals surface area contributed by atoms with E-state index in [0.29, 0.717) is 0 Å². The highest BCUT2D eigenvalue weighted by molar-refractivity contribution is 5.85. The van der Waals surface area contributed by atoms with E-state index in [1.807, 2.05) is 0 Å². The van der Waals surface area contributed by atoms with Gasteiger partial charge in [-0.15, -0.1) is 6.58 Å². The van der Waals surface area contributed by atoms with Crippen LogP contribution in [0.3, 0.4) is 0 Å². The van der Waals surface area contributed by atoms with Crippen LogP contribution in [0, 0.1) is 0 Å². The Morgan fingerprint density at radius 1 is 1.64 bits per heavy atom. The third-order valence-electron chi connectivity index (χ3n) is 1.74. The summed E-state index contributed by atoms with van der Waals surface area (Å²) >= 11 is 0. The van der Waals surface area contributed by atoms with Crippen molar-refractivity contribution in [2.45, 2.75) is 26.1 Å². The molecule has 0 aliphatic carbocycles.